The van der Waals surface area contributed by atoms with Crippen LogP contribution in [0.15, 0.2) is 47.6 Å². The lowest BCUT2D eigenvalue weighted by molar-refractivity contribution is -0.0498. The number of alkyl halides is 2. The van der Waals surface area contributed by atoms with Gasteiger partial charge in [0.2, 0.25) is 5.16 Å². The highest BCUT2D eigenvalue weighted by Crippen LogP contribution is 2.28. The first kappa shape index (κ1) is 18.4. The molecule has 1 aromatic heterocycles. The van der Waals surface area contributed by atoms with Crippen molar-refractivity contribution in [3.8, 4) is 17.1 Å². The third-order valence-corrected chi connectivity index (χ3v) is 4.72. The molecule has 2 N–H and O–H groups in total. The molecule has 0 bridgehead atoms. The van der Waals surface area contributed by atoms with Gasteiger partial charge in [0.1, 0.15) is 11.6 Å². The normalized spacial score (nSPS) is 11.1. The van der Waals surface area contributed by atoms with E-state index in [0.717, 1.165) is 5.56 Å². The lowest BCUT2D eigenvalue weighted by Crippen LogP contribution is -2.11. The van der Waals surface area contributed by atoms with E-state index in [-0.39, 0.29) is 5.75 Å². The number of nitrogen functional groups attached to an aromatic ring is 1. The Morgan fingerprint density at radius 1 is 1.15 bits per heavy atom. The Balaban J connectivity index is 1.73. The van der Waals surface area contributed by atoms with Crippen LogP contribution in [0.1, 0.15) is 5.56 Å². The smallest absolute Gasteiger partial charge is 0.387 e. The van der Waals surface area contributed by atoms with Gasteiger partial charge in [-0.3, -0.25) is 0 Å². The Morgan fingerprint density at radius 2 is 1.88 bits per heavy atom. The molecule has 0 atom stereocenters. The second-order valence-electron chi connectivity index (χ2n) is 5.10. The fraction of sp³-hybridized carbons (Fsp3) is 0.125. The van der Waals surface area contributed by atoms with Crippen molar-refractivity contribution < 1.29 is 17.9 Å². The highest BCUT2D eigenvalue weighted by molar-refractivity contribution is 7.98. The molecule has 2 aromatic carbocycles. The minimum Gasteiger partial charge on any atom is -0.435 e. The van der Waals surface area contributed by atoms with Crippen molar-refractivity contribution in [2.75, 3.05) is 5.84 Å². The summed E-state index contributed by atoms with van der Waals surface area (Å²) in [5.41, 5.74) is 1.32. The molecule has 0 aliphatic carbocycles. The summed E-state index contributed by atoms with van der Waals surface area (Å²) in [7, 11) is 0. The fourth-order valence-electron chi connectivity index (χ4n) is 2.14. The predicted molar refractivity (Wildman–Crippen MR) is 93.2 cm³/mol. The molecule has 0 saturated heterocycles. The minimum atomic E-state index is -2.89. The van der Waals surface area contributed by atoms with Crippen LogP contribution < -0.4 is 10.6 Å². The van der Waals surface area contributed by atoms with Crippen LogP contribution in [0.25, 0.3) is 11.4 Å². The molecule has 3 rings (SSSR count). The first-order valence-electron chi connectivity index (χ1n) is 7.26. The molecule has 0 aliphatic heterocycles. The van der Waals surface area contributed by atoms with Gasteiger partial charge in [-0.2, -0.15) is 8.78 Å². The average molecular weight is 401 g/mol. The molecule has 0 aliphatic rings. The Kier molecular flexibility index (Phi) is 5.58. The summed E-state index contributed by atoms with van der Waals surface area (Å²) in [4.78, 5) is 0. The molecule has 5 nitrogen and oxygen atoms in total. The summed E-state index contributed by atoms with van der Waals surface area (Å²) in [6.07, 6.45) is 0. The van der Waals surface area contributed by atoms with E-state index in [4.69, 9.17) is 17.4 Å². The van der Waals surface area contributed by atoms with Crippen molar-refractivity contribution in [3.63, 3.8) is 0 Å². The lowest BCUT2D eigenvalue weighted by Gasteiger charge is -2.07. The first-order valence-corrected chi connectivity index (χ1v) is 8.63. The second kappa shape index (κ2) is 7.88. The quantitative estimate of drug-likeness (QED) is 0.492. The largest absolute Gasteiger partial charge is 0.435 e. The number of hydrogen-bond donors (Lipinski definition) is 1. The van der Waals surface area contributed by atoms with Crippen LogP contribution in [-0.4, -0.2) is 21.5 Å². The van der Waals surface area contributed by atoms with Gasteiger partial charge in [0.25, 0.3) is 0 Å². The zero-order valence-electron chi connectivity index (χ0n) is 13.1. The molecule has 0 unspecified atom stereocenters. The third kappa shape index (κ3) is 4.23. The molecule has 0 amide bonds. The number of benzene rings is 2. The van der Waals surface area contributed by atoms with Gasteiger partial charge < -0.3 is 10.6 Å². The molecule has 10 heteroatoms. The molecule has 0 spiro atoms. The number of nitrogens with zero attached hydrogens (tertiary/aromatic N) is 3. The molecular weight excluding hydrogens is 389 g/mol. The van der Waals surface area contributed by atoms with Crippen LogP contribution >= 0.6 is 23.4 Å². The Morgan fingerprint density at radius 3 is 2.54 bits per heavy atom. The summed E-state index contributed by atoms with van der Waals surface area (Å²) < 4.78 is 43.0. The summed E-state index contributed by atoms with van der Waals surface area (Å²) in [6, 6.07) is 10.0. The Labute approximate surface area is 155 Å². The van der Waals surface area contributed by atoms with E-state index >= 15 is 0 Å². The van der Waals surface area contributed by atoms with E-state index in [1.165, 1.54) is 40.7 Å². The Bertz CT molecular complexity index is 905. The fourth-order valence-corrected chi connectivity index (χ4v) is 3.31. The van der Waals surface area contributed by atoms with E-state index in [1.807, 2.05) is 0 Å². The second-order valence-corrected chi connectivity index (χ2v) is 6.45. The molecular formula is C16H12ClF3N4OS. The average Bonchev–Trinajstić information content (AvgIpc) is 2.95. The number of rotatable bonds is 6. The molecule has 0 radical (unpaired) electrons. The maximum atomic E-state index is 13.1. The first-order chi connectivity index (χ1) is 12.4. The van der Waals surface area contributed by atoms with Gasteiger partial charge in [0.15, 0.2) is 5.82 Å². The highest BCUT2D eigenvalue weighted by atomic mass is 35.5. The van der Waals surface area contributed by atoms with E-state index in [1.54, 1.807) is 18.2 Å². The van der Waals surface area contributed by atoms with Gasteiger partial charge in [0.05, 0.1) is 0 Å². The van der Waals surface area contributed by atoms with Gasteiger partial charge in [-0.25, -0.2) is 9.07 Å². The summed E-state index contributed by atoms with van der Waals surface area (Å²) in [6.45, 7) is -2.89. The number of ether oxygens (including phenoxy) is 1. The lowest BCUT2D eigenvalue weighted by atomic mass is 10.2. The van der Waals surface area contributed by atoms with Gasteiger partial charge in [-0.15, -0.1) is 10.2 Å². The third-order valence-electron chi connectivity index (χ3n) is 3.37. The topological polar surface area (TPSA) is 66.0 Å². The van der Waals surface area contributed by atoms with Gasteiger partial charge in [0, 0.05) is 16.3 Å². The van der Waals surface area contributed by atoms with E-state index in [9.17, 15) is 13.2 Å². The van der Waals surface area contributed by atoms with Gasteiger partial charge >= 0.3 is 6.61 Å². The van der Waals surface area contributed by atoms with Crippen LogP contribution in [0.4, 0.5) is 13.2 Å². The maximum absolute atomic E-state index is 13.1. The summed E-state index contributed by atoms with van der Waals surface area (Å²) in [5.74, 6) is 6.42. The SMILES string of the molecule is Nn1c(SCc2ccc(F)cc2Cl)nnc1-c1ccc(OC(F)F)cc1. The monoisotopic (exact) mass is 400 g/mol. The molecule has 0 saturated carbocycles. The standard InChI is InChI=1S/C16H12ClF3N4OS/c17-13-7-11(18)4-1-10(13)8-26-16-23-22-14(24(16)21)9-2-5-12(6-3-9)25-15(19)20/h1-7,15H,8,21H2. The van der Waals surface area contributed by atoms with Crippen molar-refractivity contribution in [3.05, 3.63) is 58.9 Å². The van der Waals surface area contributed by atoms with Crippen molar-refractivity contribution in [2.45, 2.75) is 17.5 Å². The van der Waals surface area contributed by atoms with Crippen molar-refractivity contribution in [1.82, 2.24) is 14.9 Å². The van der Waals surface area contributed by atoms with Crippen molar-refractivity contribution in [1.29, 1.82) is 0 Å². The minimum absolute atomic E-state index is 0.0346. The molecule has 1 heterocycles. The molecule has 136 valence electrons. The van der Waals surface area contributed by atoms with Crippen molar-refractivity contribution in [2.24, 2.45) is 0 Å². The van der Waals surface area contributed by atoms with Crippen LogP contribution in [0.3, 0.4) is 0 Å². The van der Waals surface area contributed by atoms with Crippen LogP contribution in [-0.2, 0) is 5.75 Å². The summed E-state index contributed by atoms with van der Waals surface area (Å²) >= 11 is 7.28. The van der Waals surface area contributed by atoms with Gasteiger partial charge in [-0.05, 0) is 42.0 Å². The molecule has 0 fully saturated rings. The number of aromatic nitrogens is 3. The number of halogens is 4. The number of nitrogens with two attached hydrogens (primary N) is 1. The predicted octanol–water partition coefficient (Wildman–Crippen LogP) is 4.35. The highest BCUT2D eigenvalue weighted by Gasteiger charge is 2.14. The maximum Gasteiger partial charge on any atom is 0.387 e. The van der Waals surface area contributed by atoms with E-state index in [0.29, 0.717) is 27.3 Å². The number of thioether (sulfide) groups is 1. The zero-order chi connectivity index (χ0) is 18.7. The Hall–Kier alpha value is -2.39. The van der Waals surface area contributed by atoms with E-state index in [2.05, 4.69) is 14.9 Å². The van der Waals surface area contributed by atoms with Crippen molar-refractivity contribution >= 4 is 23.4 Å². The molecule has 3 aromatic rings. The van der Waals surface area contributed by atoms with Gasteiger partial charge in [-0.1, -0.05) is 29.4 Å². The van der Waals surface area contributed by atoms with E-state index < -0.39 is 12.4 Å². The molecule has 26 heavy (non-hydrogen) atoms. The van der Waals surface area contributed by atoms with Crippen LogP contribution in [0.5, 0.6) is 5.75 Å². The van der Waals surface area contributed by atoms with Crippen LogP contribution in [0.2, 0.25) is 5.02 Å². The van der Waals surface area contributed by atoms with Crippen LogP contribution in [0, 0.1) is 5.82 Å². The summed E-state index contributed by atoms with van der Waals surface area (Å²) in [5, 5.41) is 8.76. The zero-order valence-corrected chi connectivity index (χ0v) is 14.6. The number of hydrogen-bond acceptors (Lipinski definition) is 5.